The van der Waals surface area contributed by atoms with Gasteiger partial charge in [-0.1, -0.05) is 6.07 Å². The van der Waals surface area contributed by atoms with E-state index in [9.17, 15) is 8.42 Å². The molecule has 2 atom stereocenters. The van der Waals surface area contributed by atoms with E-state index >= 15 is 0 Å². The van der Waals surface area contributed by atoms with E-state index in [-0.39, 0.29) is 11.2 Å². The SMILES string of the molecule is CC(C)n1cc(CN2C[C@@H]3[C@@H](C2)c2cc(-c4ccsc4)ccc2S3(=O)=O)cn1. The van der Waals surface area contributed by atoms with Crippen LogP contribution in [0, 0.1) is 0 Å². The molecule has 0 saturated carbocycles. The molecule has 0 unspecified atom stereocenters. The smallest absolute Gasteiger partial charge is 0.183 e. The third-order valence-corrected chi connectivity index (χ3v) is 8.84. The van der Waals surface area contributed by atoms with Gasteiger partial charge < -0.3 is 0 Å². The van der Waals surface area contributed by atoms with Crippen LogP contribution in [-0.4, -0.2) is 41.4 Å². The third kappa shape index (κ3) is 2.84. The molecule has 5 rings (SSSR count). The summed E-state index contributed by atoms with van der Waals surface area (Å²) >= 11 is 1.66. The van der Waals surface area contributed by atoms with Gasteiger partial charge in [0.15, 0.2) is 9.84 Å². The van der Waals surface area contributed by atoms with Gasteiger partial charge in [-0.3, -0.25) is 9.58 Å². The van der Waals surface area contributed by atoms with Crippen LogP contribution >= 0.6 is 11.3 Å². The first kappa shape index (κ1) is 18.1. The Labute approximate surface area is 169 Å². The first-order valence-electron chi connectivity index (χ1n) is 9.59. The van der Waals surface area contributed by atoms with Crippen LogP contribution in [0.4, 0.5) is 0 Å². The molecule has 4 heterocycles. The highest BCUT2D eigenvalue weighted by atomic mass is 32.2. The lowest BCUT2D eigenvalue weighted by molar-refractivity contribution is 0.325. The second-order valence-corrected chi connectivity index (χ2v) is 11.0. The molecular formula is C21H23N3O2S2. The van der Waals surface area contributed by atoms with E-state index in [1.165, 1.54) is 0 Å². The highest BCUT2D eigenvalue weighted by Crippen LogP contribution is 2.46. The van der Waals surface area contributed by atoms with Crippen LogP contribution in [0.15, 0.2) is 52.3 Å². The minimum atomic E-state index is -3.26. The van der Waals surface area contributed by atoms with Crippen molar-refractivity contribution in [3.8, 4) is 11.1 Å². The standard InChI is InChI=1S/C21H23N3O2S2/c1-14(2)24-10-15(8-22-24)9-23-11-19-18-7-16(17-5-6-27-13-17)3-4-20(18)28(25,26)21(19)12-23/h3-8,10,13-14,19,21H,9,11-12H2,1-2H3/t19-,21+/m0/s1. The van der Waals surface area contributed by atoms with E-state index in [0.29, 0.717) is 17.5 Å². The van der Waals surface area contributed by atoms with Crippen LogP contribution in [0.25, 0.3) is 11.1 Å². The summed E-state index contributed by atoms with van der Waals surface area (Å²) in [7, 11) is -3.26. The van der Waals surface area contributed by atoms with Crippen molar-refractivity contribution in [2.75, 3.05) is 13.1 Å². The Kier molecular flexibility index (Phi) is 4.23. The molecule has 146 valence electrons. The second-order valence-electron chi connectivity index (χ2n) is 8.07. The summed E-state index contributed by atoms with van der Waals surface area (Å²) in [5.41, 5.74) is 4.39. The normalized spacial score (nSPS) is 23.2. The summed E-state index contributed by atoms with van der Waals surface area (Å²) in [6.07, 6.45) is 3.96. The molecule has 7 heteroatoms. The number of likely N-dealkylation sites (tertiary alicyclic amines) is 1. The molecule has 0 radical (unpaired) electrons. The summed E-state index contributed by atoms with van der Waals surface area (Å²) in [6.45, 7) is 6.31. The van der Waals surface area contributed by atoms with Crippen LogP contribution in [-0.2, 0) is 16.4 Å². The number of hydrogen-bond acceptors (Lipinski definition) is 5. The molecule has 2 aliphatic rings. The molecule has 1 aromatic carbocycles. The van der Waals surface area contributed by atoms with Gasteiger partial charge in [0.2, 0.25) is 0 Å². The zero-order valence-corrected chi connectivity index (χ0v) is 17.6. The molecule has 0 spiro atoms. The van der Waals surface area contributed by atoms with E-state index in [1.807, 2.05) is 23.0 Å². The summed E-state index contributed by atoms with van der Waals surface area (Å²) in [5.74, 6) is 0.0544. The van der Waals surface area contributed by atoms with Gasteiger partial charge in [-0.05, 0) is 59.5 Å². The van der Waals surface area contributed by atoms with Crippen molar-refractivity contribution < 1.29 is 8.42 Å². The Balaban J connectivity index is 1.43. The highest BCUT2D eigenvalue weighted by Gasteiger charge is 2.50. The van der Waals surface area contributed by atoms with Crippen molar-refractivity contribution in [2.24, 2.45) is 0 Å². The Morgan fingerprint density at radius 2 is 2.07 bits per heavy atom. The Hall–Kier alpha value is -1.96. The number of fused-ring (bicyclic) bond motifs is 3. The molecule has 2 aliphatic heterocycles. The van der Waals surface area contributed by atoms with Crippen LogP contribution in [0.5, 0.6) is 0 Å². The van der Waals surface area contributed by atoms with Gasteiger partial charge in [-0.15, -0.1) is 0 Å². The van der Waals surface area contributed by atoms with Gasteiger partial charge in [-0.25, -0.2) is 8.42 Å². The van der Waals surface area contributed by atoms with Gasteiger partial charge in [0.1, 0.15) is 0 Å². The first-order chi connectivity index (χ1) is 13.4. The fourth-order valence-corrected chi connectivity index (χ4v) is 7.32. The summed E-state index contributed by atoms with van der Waals surface area (Å²) in [5, 5.41) is 8.23. The van der Waals surface area contributed by atoms with Gasteiger partial charge in [0.25, 0.3) is 0 Å². The number of benzene rings is 1. The van der Waals surface area contributed by atoms with E-state index in [1.54, 1.807) is 11.3 Å². The molecule has 0 amide bonds. The fraction of sp³-hybridized carbons (Fsp3) is 0.381. The molecule has 28 heavy (non-hydrogen) atoms. The summed E-state index contributed by atoms with van der Waals surface area (Å²) < 4.78 is 28.2. The molecule has 2 aromatic heterocycles. The zero-order chi connectivity index (χ0) is 19.5. The largest absolute Gasteiger partial charge is 0.297 e. The highest BCUT2D eigenvalue weighted by molar-refractivity contribution is 7.92. The van der Waals surface area contributed by atoms with Crippen molar-refractivity contribution in [2.45, 2.75) is 42.5 Å². The van der Waals surface area contributed by atoms with Crippen molar-refractivity contribution in [1.82, 2.24) is 14.7 Å². The van der Waals surface area contributed by atoms with Crippen LogP contribution in [0.3, 0.4) is 0 Å². The quantitative estimate of drug-likeness (QED) is 0.650. The van der Waals surface area contributed by atoms with E-state index in [0.717, 1.165) is 35.3 Å². The third-order valence-electron chi connectivity index (χ3n) is 5.90. The van der Waals surface area contributed by atoms with Gasteiger partial charge in [0, 0.05) is 43.4 Å². The summed E-state index contributed by atoms with van der Waals surface area (Å²) in [4.78, 5) is 2.79. The second kappa shape index (κ2) is 6.54. The number of thiophene rings is 1. The fourth-order valence-electron chi connectivity index (χ4n) is 4.46. The molecule has 5 nitrogen and oxygen atoms in total. The number of rotatable bonds is 4. The van der Waals surface area contributed by atoms with Gasteiger partial charge in [-0.2, -0.15) is 16.4 Å². The maximum Gasteiger partial charge on any atom is 0.183 e. The average molecular weight is 414 g/mol. The van der Waals surface area contributed by atoms with Crippen molar-refractivity contribution in [3.63, 3.8) is 0 Å². The lowest BCUT2D eigenvalue weighted by Gasteiger charge is -2.16. The maximum absolute atomic E-state index is 13.1. The van der Waals surface area contributed by atoms with Crippen LogP contribution in [0.1, 0.15) is 36.9 Å². The predicted molar refractivity (Wildman–Crippen MR) is 111 cm³/mol. The topological polar surface area (TPSA) is 55.2 Å². The van der Waals surface area contributed by atoms with E-state index in [2.05, 4.69) is 52.9 Å². The molecule has 0 bridgehead atoms. The monoisotopic (exact) mass is 413 g/mol. The van der Waals surface area contributed by atoms with Gasteiger partial charge in [0.05, 0.1) is 16.3 Å². The van der Waals surface area contributed by atoms with Crippen molar-refractivity contribution >= 4 is 21.2 Å². The zero-order valence-electron chi connectivity index (χ0n) is 15.9. The molecule has 0 aliphatic carbocycles. The molecule has 1 saturated heterocycles. The average Bonchev–Trinajstić information content (AvgIpc) is 3.43. The van der Waals surface area contributed by atoms with Crippen LogP contribution < -0.4 is 0 Å². The number of hydrogen-bond donors (Lipinski definition) is 0. The Morgan fingerprint density at radius 1 is 1.21 bits per heavy atom. The molecule has 3 aromatic rings. The Bertz CT molecular complexity index is 1120. The number of sulfone groups is 1. The molecule has 0 N–H and O–H groups in total. The lowest BCUT2D eigenvalue weighted by atomic mass is 9.95. The molecular weight excluding hydrogens is 390 g/mol. The van der Waals surface area contributed by atoms with Crippen molar-refractivity contribution in [3.05, 3.63) is 58.5 Å². The maximum atomic E-state index is 13.1. The van der Waals surface area contributed by atoms with E-state index in [4.69, 9.17) is 0 Å². The summed E-state index contributed by atoms with van der Waals surface area (Å²) in [6, 6.07) is 8.26. The Morgan fingerprint density at radius 3 is 2.79 bits per heavy atom. The van der Waals surface area contributed by atoms with Crippen LogP contribution in [0.2, 0.25) is 0 Å². The number of nitrogens with zero attached hydrogens (tertiary/aromatic N) is 3. The first-order valence-corrected chi connectivity index (χ1v) is 12.1. The lowest BCUT2D eigenvalue weighted by Crippen LogP contribution is -2.25. The minimum Gasteiger partial charge on any atom is -0.297 e. The minimum absolute atomic E-state index is 0.0544. The van der Waals surface area contributed by atoms with Gasteiger partial charge >= 0.3 is 0 Å². The predicted octanol–water partition coefficient (Wildman–Crippen LogP) is 3.95. The number of aromatic nitrogens is 2. The van der Waals surface area contributed by atoms with E-state index < -0.39 is 9.84 Å². The molecule has 1 fully saturated rings. The van der Waals surface area contributed by atoms with Crippen molar-refractivity contribution in [1.29, 1.82) is 0 Å².